The molecule has 0 fully saturated rings. The van der Waals surface area contributed by atoms with Gasteiger partial charge >= 0.3 is 0 Å². The Labute approximate surface area is 114 Å². The number of nitrogens with zero attached hydrogens (tertiary/aromatic N) is 2. The van der Waals surface area contributed by atoms with E-state index in [0.717, 1.165) is 0 Å². The first-order chi connectivity index (χ1) is 9.10. The summed E-state index contributed by atoms with van der Waals surface area (Å²) in [5.41, 5.74) is 0.404. The van der Waals surface area contributed by atoms with Gasteiger partial charge in [-0.15, -0.1) is 0 Å². The summed E-state index contributed by atoms with van der Waals surface area (Å²) >= 11 is 5.77. The molecular formula is C13H10ClFN2O2. The standard InChI is InChI=1S/C13H10ClFN2O2/c1-19-13-6-11(16-7-17-13)12(18)5-8-4-9(14)2-3-10(8)15/h2-4,6-7H,5H2,1H3. The Bertz CT molecular complexity index is 619. The second kappa shape index (κ2) is 5.75. The zero-order chi connectivity index (χ0) is 13.8. The van der Waals surface area contributed by atoms with Crippen molar-refractivity contribution in [3.8, 4) is 5.88 Å². The third-order valence-electron chi connectivity index (χ3n) is 2.50. The van der Waals surface area contributed by atoms with Crippen LogP contribution in [0.5, 0.6) is 5.88 Å². The molecule has 0 radical (unpaired) electrons. The van der Waals surface area contributed by atoms with Gasteiger partial charge in [0.2, 0.25) is 5.88 Å². The molecule has 0 bridgehead atoms. The maximum atomic E-state index is 13.5. The van der Waals surface area contributed by atoms with E-state index < -0.39 is 5.82 Å². The molecule has 2 rings (SSSR count). The van der Waals surface area contributed by atoms with E-state index in [0.29, 0.717) is 5.02 Å². The summed E-state index contributed by atoms with van der Waals surface area (Å²) < 4.78 is 18.4. The van der Waals surface area contributed by atoms with Gasteiger partial charge in [0.15, 0.2) is 5.78 Å². The number of carbonyl (C=O) groups is 1. The number of ketones is 1. The van der Waals surface area contributed by atoms with Gasteiger partial charge < -0.3 is 4.74 Å². The highest BCUT2D eigenvalue weighted by Crippen LogP contribution is 2.17. The fourth-order valence-electron chi connectivity index (χ4n) is 1.55. The predicted octanol–water partition coefficient (Wildman–Crippen LogP) is 2.70. The van der Waals surface area contributed by atoms with Crippen molar-refractivity contribution in [3.63, 3.8) is 0 Å². The van der Waals surface area contributed by atoms with Crippen LogP contribution in [0.3, 0.4) is 0 Å². The lowest BCUT2D eigenvalue weighted by atomic mass is 10.1. The van der Waals surface area contributed by atoms with Crippen LogP contribution in [0.1, 0.15) is 16.1 Å². The van der Waals surface area contributed by atoms with Gasteiger partial charge in [0, 0.05) is 17.5 Å². The van der Waals surface area contributed by atoms with Gasteiger partial charge in [-0.2, -0.15) is 0 Å². The summed E-state index contributed by atoms with van der Waals surface area (Å²) in [6.07, 6.45) is 1.10. The summed E-state index contributed by atoms with van der Waals surface area (Å²) in [4.78, 5) is 19.6. The van der Waals surface area contributed by atoms with E-state index >= 15 is 0 Å². The number of ether oxygens (including phenoxy) is 1. The van der Waals surface area contributed by atoms with Gasteiger partial charge in [-0.1, -0.05) is 11.6 Å². The molecule has 0 amide bonds. The summed E-state index contributed by atoms with van der Waals surface area (Å²) in [6.45, 7) is 0. The van der Waals surface area contributed by atoms with Crippen LogP contribution in [0.25, 0.3) is 0 Å². The molecule has 0 unspecified atom stereocenters. The Balaban J connectivity index is 2.22. The smallest absolute Gasteiger partial charge is 0.216 e. The lowest BCUT2D eigenvalue weighted by Gasteiger charge is -2.04. The molecule has 19 heavy (non-hydrogen) atoms. The van der Waals surface area contributed by atoms with Crippen LogP contribution in [0.15, 0.2) is 30.6 Å². The van der Waals surface area contributed by atoms with Gasteiger partial charge in [0.1, 0.15) is 17.8 Å². The zero-order valence-electron chi connectivity index (χ0n) is 10.1. The first-order valence-electron chi connectivity index (χ1n) is 5.43. The summed E-state index contributed by atoms with van der Waals surface area (Å²) in [7, 11) is 1.44. The van der Waals surface area contributed by atoms with Crippen molar-refractivity contribution in [1.82, 2.24) is 9.97 Å². The average Bonchev–Trinajstić information content (AvgIpc) is 2.43. The van der Waals surface area contributed by atoms with Crippen LogP contribution >= 0.6 is 11.6 Å². The third kappa shape index (κ3) is 3.26. The molecule has 0 saturated heterocycles. The van der Waals surface area contributed by atoms with Gasteiger partial charge in [-0.05, 0) is 23.8 Å². The van der Waals surface area contributed by atoms with Crippen LogP contribution in [0.4, 0.5) is 4.39 Å². The molecule has 1 aromatic heterocycles. The Kier molecular flexibility index (Phi) is 4.06. The van der Waals surface area contributed by atoms with Gasteiger partial charge in [-0.25, -0.2) is 14.4 Å². The fraction of sp³-hybridized carbons (Fsp3) is 0.154. The number of Topliss-reactive ketones (excluding diaryl/α,β-unsaturated/α-hetero) is 1. The summed E-state index contributed by atoms with van der Waals surface area (Å²) in [5, 5.41) is 0.379. The molecule has 0 saturated carbocycles. The Morgan fingerprint density at radius 1 is 1.37 bits per heavy atom. The van der Waals surface area contributed by atoms with Crippen LogP contribution < -0.4 is 4.74 Å². The van der Waals surface area contributed by atoms with E-state index in [1.54, 1.807) is 0 Å². The van der Waals surface area contributed by atoms with Crippen molar-refractivity contribution < 1.29 is 13.9 Å². The van der Waals surface area contributed by atoms with Crippen molar-refractivity contribution in [3.05, 3.63) is 52.7 Å². The Morgan fingerprint density at radius 3 is 2.89 bits per heavy atom. The van der Waals surface area contributed by atoms with E-state index in [4.69, 9.17) is 16.3 Å². The van der Waals surface area contributed by atoms with Gasteiger partial charge in [0.05, 0.1) is 7.11 Å². The molecule has 0 spiro atoms. The first-order valence-corrected chi connectivity index (χ1v) is 5.81. The molecule has 0 aliphatic heterocycles. The molecule has 0 atom stereocenters. The largest absolute Gasteiger partial charge is 0.481 e. The highest BCUT2D eigenvalue weighted by Gasteiger charge is 2.13. The normalized spacial score (nSPS) is 10.3. The van der Waals surface area contributed by atoms with Crippen LogP contribution in [0.2, 0.25) is 5.02 Å². The third-order valence-corrected chi connectivity index (χ3v) is 2.73. The van der Waals surface area contributed by atoms with Crippen LogP contribution in [-0.2, 0) is 6.42 Å². The minimum Gasteiger partial charge on any atom is -0.481 e. The monoisotopic (exact) mass is 280 g/mol. The lowest BCUT2D eigenvalue weighted by Crippen LogP contribution is -2.08. The highest BCUT2D eigenvalue weighted by molar-refractivity contribution is 6.30. The van der Waals surface area contributed by atoms with Crippen molar-refractivity contribution in [2.45, 2.75) is 6.42 Å². The molecule has 0 aliphatic rings. The number of aromatic nitrogens is 2. The number of methoxy groups -OCH3 is 1. The summed E-state index contributed by atoms with van der Waals surface area (Å²) in [5.74, 6) is -0.523. The molecule has 1 aromatic carbocycles. The number of hydrogen-bond donors (Lipinski definition) is 0. The van der Waals surface area contributed by atoms with Crippen LogP contribution in [-0.4, -0.2) is 22.9 Å². The van der Waals surface area contributed by atoms with Crippen molar-refractivity contribution >= 4 is 17.4 Å². The Hall–Kier alpha value is -2.01. The highest BCUT2D eigenvalue weighted by atomic mass is 35.5. The first kappa shape index (κ1) is 13.4. The molecule has 1 heterocycles. The van der Waals surface area contributed by atoms with E-state index in [1.807, 2.05) is 0 Å². The van der Waals surface area contributed by atoms with Gasteiger partial charge in [0.25, 0.3) is 0 Å². The minimum absolute atomic E-state index is 0.118. The fourth-order valence-corrected chi connectivity index (χ4v) is 1.74. The van der Waals surface area contributed by atoms with Gasteiger partial charge in [-0.3, -0.25) is 4.79 Å². The van der Waals surface area contributed by atoms with Crippen molar-refractivity contribution in [2.75, 3.05) is 7.11 Å². The predicted molar refractivity (Wildman–Crippen MR) is 68.0 cm³/mol. The maximum Gasteiger partial charge on any atom is 0.216 e. The maximum absolute atomic E-state index is 13.5. The average molecular weight is 281 g/mol. The molecule has 0 aliphatic carbocycles. The van der Waals surface area contributed by atoms with E-state index in [-0.39, 0.29) is 29.3 Å². The molecule has 98 valence electrons. The second-order valence-electron chi connectivity index (χ2n) is 3.78. The number of carbonyl (C=O) groups excluding carboxylic acids is 1. The Morgan fingerprint density at radius 2 is 2.16 bits per heavy atom. The summed E-state index contributed by atoms with van der Waals surface area (Å²) in [6, 6.07) is 5.49. The van der Waals surface area contributed by atoms with E-state index in [9.17, 15) is 9.18 Å². The van der Waals surface area contributed by atoms with Crippen LogP contribution in [0, 0.1) is 5.82 Å². The molecule has 4 nitrogen and oxygen atoms in total. The lowest BCUT2D eigenvalue weighted by molar-refractivity contribution is 0.0986. The topological polar surface area (TPSA) is 52.1 Å². The molecule has 2 aromatic rings. The quantitative estimate of drug-likeness (QED) is 0.808. The molecule has 6 heteroatoms. The number of halogens is 2. The van der Waals surface area contributed by atoms with Crippen molar-refractivity contribution in [1.29, 1.82) is 0 Å². The van der Waals surface area contributed by atoms with E-state index in [1.165, 1.54) is 37.7 Å². The number of benzene rings is 1. The zero-order valence-corrected chi connectivity index (χ0v) is 10.8. The number of rotatable bonds is 4. The van der Waals surface area contributed by atoms with Crippen molar-refractivity contribution in [2.24, 2.45) is 0 Å². The second-order valence-corrected chi connectivity index (χ2v) is 4.22. The number of hydrogen-bond acceptors (Lipinski definition) is 4. The SMILES string of the molecule is COc1cc(C(=O)Cc2cc(Cl)ccc2F)ncn1. The van der Waals surface area contributed by atoms with E-state index in [2.05, 4.69) is 9.97 Å². The molecule has 0 N–H and O–H groups in total. The molecular weight excluding hydrogens is 271 g/mol. The minimum atomic E-state index is -0.473.